The fraction of sp³-hybridized carbons (Fsp3) is 0.533. The van der Waals surface area contributed by atoms with E-state index >= 15 is 0 Å². The third kappa shape index (κ3) is 3.96. The van der Waals surface area contributed by atoms with Crippen LogP contribution in [0.15, 0.2) is 24.5 Å². The summed E-state index contributed by atoms with van der Waals surface area (Å²) < 4.78 is 2.33. The maximum absolute atomic E-state index is 4.04. The number of hydrogen-bond donors (Lipinski definition) is 2. The molecule has 0 saturated carbocycles. The Morgan fingerprint density at radius 1 is 1.42 bits per heavy atom. The molecule has 19 heavy (non-hydrogen) atoms. The third-order valence-electron chi connectivity index (χ3n) is 3.43. The molecule has 0 aromatic carbocycles. The molecule has 0 spiro atoms. The molecule has 2 N–H and O–H groups in total. The van der Waals surface area contributed by atoms with E-state index in [9.17, 15) is 0 Å². The summed E-state index contributed by atoms with van der Waals surface area (Å²) in [5.41, 5.74) is 3.90. The van der Waals surface area contributed by atoms with Crippen molar-refractivity contribution in [3.63, 3.8) is 0 Å². The lowest BCUT2D eigenvalue weighted by molar-refractivity contribution is 0.590. The van der Waals surface area contributed by atoms with E-state index < -0.39 is 0 Å². The third-order valence-corrected chi connectivity index (χ3v) is 3.43. The predicted molar refractivity (Wildman–Crippen MR) is 78.1 cm³/mol. The Morgan fingerprint density at radius 2 is 2.32 bits per heavy atom. The zero-order chi connectivity index (χ0) is 13.5. The van der Waals surface area contributed by atoms with Crippen molar-refractivity contribution in [2.75, 3.05) is 6.54 Å². The van der Waals surface area contributed by atoms with Gasteiger partial charge in [0.15, 0.2) is 0 Å². The molecule has 104 valence electrons. The van der Waals surface area contributed by atoms with Crippen LogP contribution in [-0.4, -0.2) is 21.3 Å². The topological polar surface area (TPSA) is 45.6 Å². The molecule has 2 rings (SSSR count). The Labute approximate surface area is 115 Å². The van der Waals surface area contributed by atoms with Crippen molar-refractivity contribution in [3.8, 4) is 0 Å². The van der Waals surface area contributed by atoms with E-state index in [2.05, 4.69) is 52.3 Å². The van der Waals surface area contributed by atoms with Crippen LogP contribution in [0.2, 0.25) is 0 Å². The van der Waals surface area contributed by atoms with E-state index in [1.165, 1.54) is 23.4 Å². The first-order valence-electron chi connectivity index (χ1n) is 7.15. The average molecular weight is 260 g/mol. The Kier molecular flexibility index (Phi) is 5.21. The summed E-state index contributed by atoms with van der Waals surface area (Å²) in [6, 6.07) is 4.32. The molecule has 2 heterocycles. The van der Waals surface area contributed by atoms with Gasteiger partial charge in [0.1, 0.15) is 0 Å². The number of aromatic amines is 1. The highest BCUT2D eigenvalue weighted by Gasteiger charge is 2.01. The minimum Gasteiger partial charge on any atom is -0.350 e. The zero-order valence-electron chi connectivity index (χ0n) is 11.9. The van der Waals surface area contributed by atoms with Gasteiger partial charge in [-0.25, -0.2) is 0 Å². The summed E-state index contributed by atoms with van der Waals surface area (Å²) in [6.45, 7) is 7.40. The molecule has 0 bridgehead atoms. The molecule has 2 aromatic heterocycles. The second-order valence-corrected chi connectivity index (χ2v) is 4.99. The van der Waals surface area contributed by atoms with Gasteiger partial charge in [-0.2, -0.15) is 5.10 Å². The van der Waals surface area contributed by atoms with E-state index in [0.29, 0.717) is 0 Å². The van der Waals surface area contributed by atoms with Gasteiger partial charge in [-0.1, -0.05) is 6.92 Å². The molecule has 0 aliphatic rings. The number of nitrogens with one attached hydrogen (secondary N) is 2. The fourth-order valence-electron chi connectivity index (χ4n) is 2.32. The van der Waals surface area contributed by atoms with Crippen molar-refractivity contribution in [1.82, 2.24) is 20.1 Å². The zero-order valence-corrected chi connectivity index (χ0v) is 11.9. The molecule has 0 amide bonds. The van der Waals surface area contributed by atoms with Crippen LogP contribution in [0, 0.1) is 6.92 Å². The largest absolute Gasteiger partial charge is 0.350 e. The highest BCUT2D eigenvalue weighted by atomic mass is 15.1. The van der Waals surface area contributed by atoms with E-state index in [1.807, 2.05) is 6.20 Å². The van der Waals surface area contributed by atoms with Crippen molar-refractivity contribution < 1.29 is 0 Å². The highest BCUT2D eigenvalue weighted by molar-refractivity contribution is 5.14. The number of aryl methyl sites for hydroxylation is 3. The second-order valence-electron chi connectivity index (χ2n) is 4.99. The van der Waals surface area contributed by atoms with Crippen LogP contribution in [0.5, 0.6) is 0 Å². The quantitative estimate of drug-likeness (QED) is 0.717. The highest BCUT2D eigenvalue weighted by Crippen LogP contribution is 2.06. The summed E-state index contributed by atoms with van der Waals surface area (Å²) in [5, 5.41) is 10.5. The van der Waals surface area contributed by atoms with Crippen molar-refractivity contribution in [1.29, 1.82) is 0 Å². The number of nitrogens with zero attached hydrogens (tertiary/aromatic N) is 2. The molecule has 0 aliphatic carbocycles. The standard InChI is InChI=1S/C15H24N4/c1-3-9-19-10-5-7-15(19)12-16-8-4-6-14-11-17-18-13(14)2/h5,7,10-11,16H,3-4,6,8-9,12H2,1-2H3,(H,17,18). The van der Waals surface area contributed by atoms with E-state index in [1.54, 1.807) is 0 Å². The SMILES string of the molecule is CCCn1cccc1CNCCCc1cn[nH]c1C. The molecule has 4 heteroatoms. The normalized spacial score (nSPS) is 11.1. The first kappa shape index (κ1) is 13.9. The average Bonchev–Trinajstić information content (AvgIpc) is 3.00. The molecule has 0 radical (unpaired) electrons. The van der Waals surface area contributed by atoms with Gasteiger partial charge in [-0.15, -0.1) is 0 Å². The van der Waals surface area contributed by atoms with Gasteiger partial charge < -0.3 is 9.88 Å². The summed E-state index contributed by atoms with van der Waals surface area (Å²) in [5.74, 6) is 0. The van der Waals surface area contributed by atoms with Crippen molar-refractivity contribution in [2.24, 2.45) is 0 Å². The van der Waals surface area contributed by atoms with Gasteiger partial charge in [0.2, 0.25) is 0 Å². The van der Waals surface area contributed by atoms with Crippen LogP contribution < -0.4 is 5.32 Å². The minimum atomic E-state index is 0.956. The van der Waals surface area contributed by atoms with Crippen molar-refractivity contribution >= 4 is 0 Å². The number of H-pyrrole nitrogens is 1. The van der Waals surface area contributed by atoms with Crippen LogP contribution in [0.25, 0.3) is 0 Å². The maximum atomic E-state index is 4.04. The number of aromatic nitrogens is 3. The predicted octanol–water partition coefficient (Wildman–Crippen LogP) is 2.65. The second kappa shape index (κ2) is 7.14. The van der Waals surface area contributed by atoms with Crippen LogP contribution in [0.3, 0.4) is 0 Å². The Hall–Kier alpha value is -1.55. The van der Waals surface area contributed by atoms with Gasteiger partial charge in [0, 0.05) is 30.7 Å². The van der Waals surface area contributed by atoms with Gasteiger partial charge >= 0.3 is 0 Å². The van der Waals surface area contributed by atoms with Crippen molar-refractivity contribution in [3.05, 3.63) is 41.5 Å². The Balaban J connectivity index is 1.66. The minimum absolute atomic E-state index is 0.956. The van der Waals surface area contributed by atoms with Crippen molar-refractivity contribution in [2.45, 2.75) is 46.2 Å². The summed E-state index contributed by atoms with van der Waals surface area (Å²) in [6.07, 6.45) is 7.51. The Bertz CT molecular complexity index is 484. The molecular weight excluding hydrogens is 236 g/mol. The molecule has 4 nitrogen and oxygen atoms in total. The Morgan fingerprint density at radius 3 is 3.05 bits per heavy atom. The molecule has 0 aliphatic heterocycles. The van der Waals surface area contributed by atoms with Crippen LogP contribution in [-0.2, 0) is 19.5 Å². The van der Waals surface area contributed by atoms with Gasteiger partial charge in [-0.05, 0) is 50.4 Å². The lowest BCUT2D eigenvalue weighted by Crippen LogP contribution is -2.17. The summed E-state index contributed by atoms with van der Waals surface area (Å²) in [4.78, 5) is 0. The van der Waals surface area contributed by atoms with Gasteiger partial charge in [-0.3, -0.25) is 5.10 Å². The molecule has 0 saturated heterocycles. The van der Waals surface area contributed by atoms with Gasteiger partial charge in [0.05, 0.1) is 6.20 Å². The summed E-state index contributed by atoms with van der Waals surface area (Å²) >= 11 is 0. The molecular formula is C15H24N4. The van der Waals surface area contributed by atoms with E-state index in [-0.39, 0.29) is 0 Å². The summed E-state index contributed by atoms with van der Waals surface area (Å²) in [7, 11) is 0. The van der Waals surface area contributed by atoms with E-state index in [0.717, 1.165) is 32.5 Å². The molecule has 0 unspecified atom stereocenters. The fourth-order valence-corrected chi connectivity index (χ4v) is 2.32. The first-order chi connectivity index (χ1) is 9.31. The monoisotopic (exact) mass is 260 g/mol. The van der Waals surface area contributed by atoms with Crippen LogP contribution in [0.1, 0.15) is 36.7 Å². The van der Waals surface area contributed by atoms with Crippen LogP contribution in [0.4, 0.5) is 0 Å². The van der Waals surface area contributed by atoms with E-state index in [4.69, 9.17) is 0 Å². The maximum Gasteiger partial charge on any atom is 0.0522 e. The number of rotatable bonds is 8. The number of hydrogen-bond acceptors (Lipinski definition) is 2. The van der Waals surface area contributed by atoms with Crippen LogP contribution >= 0.6 is 0 Å². The lowest BCUT2D eigenvalue weighted by atomic mass is 10.1. The molecule has 0 fully saturated rings. The lowest BCUT2D eigenvalue weighted by Gasteiger charge is -2.09. The molecule has 2 aromatic rings. The first-order valence-corrected chi connectivity index (χ1v) is 7.15. The van der Waals surface area contributed by atoms with Gasteiger partial charge in [0.25, 0.3) is 0 Å². The molecule has 0 atom stereocenters. The smallest absolute Gasteiger partial charge is 0.0522 e.